The fourth-order valence-electron chi connectivity index (χ4n) is 2.62. The maximum atomic E-state index is 12.6. The minimum atomic E-state index is -0.241. The predicted octanol–water partition coefficient (Wildman–Crippen LogP) is 4.09. The van der Waals surface area contributed by atoms with E-state index in [1.54, 1.807) is 18.2 Å². The van der Waals surface area contributed by atoms with Gasteiger partial charge in [0.2, 0.25) is 0 Å². The highest BCUT2D eigenvalue weighted by molar-refractivity contribution is 6.11. The van der Waals surface area contributed by atoms with Gasteiger partial charge in [-0.2, -0.15) is 0 Å². The zero-order valence-electron chi connectivity index (χ0n) is 13.4. The summed E-state index contributed by atoms with van der Waals surface area (Å²) in [5.74, 6) is 0.423. The van der Waals surface area contributed by atoms with E-state index in [0.717, 1.165) is 11.3 Å². The number of aromatic hydroxyl groups is 1. The molecule has 6 heteroatoms. The highest BCUT2D eigenvalue weighted by atomic mass is 16.5. The Kier molecular flexibility index (Phi) is 3.50. The zero-order valence-corrected chi connectivity index (χ0v) is 13.4. The van der Waals surface area contributed by atoms with Crippen LogP contribution in [0, 0.1) is 6.92 Å². The number of furan rings is 1. The Balaban J connectivity index is 1.70. The van der Waals surface area contributed by atoms with Crippen molar-refractivity contribution in [2.24, 2.45) is 0 Å². The van der Waals surface area contributed by atoms with E-state index in [-0.39, 0.29) is 11.9 Å². The minimum absolute atomic E-state index is 0.187. The molecule has 3 N–H and O–H groups in total. The molecule has 6 nitrogen and oxygen atoms in total. The summed E-state index contributed by atoms with van der Waals surface area (Å²) in [5, 5.41) is 12.2. The number of H-pyrrole nitrogens is 1. The molecule has 124 valence electrons. The number of hydrogen-bond acceptors (Lipinski definition) is 4. The first kappa shape index (κ1) is 15.0. The van der Waals surface area contributed by atoms with Gasteiger partial charge in [-0.05, 0) is 37.3 Å². The van der Waals surface area contributed by atoms with Gasteiger partial charge in [0.1, 0.15) is 5.52 Å². The van der Waals surface area contributed by atoms with Gasteiger partial charge in [0.05, 0.1) is 11.1 Å². The molecule has 0 saturated carbocycles. The summed E-state index contributed by atoms with van der Waals surface area (Å²) >= 11 is 0. The third-order valence-electron chi connectivity index (χ3n) is 3.89. The lowest BCUT2D eigenvalue weighted by molar-refractivity contribution is 0.102. The summed E-state index contributed by atoms with van der Waals surface area (Å²) in [6.07, 6.45) is 0. The molecule has 4 rings (SSSR count). The van der Waals surface area contributed by atoms with Crippen molar-refractivity contribution in [3.05, 3.63) is 65.7 Å². The van der Waals surface area contributed by atoms with Gasteiger partial charge in [0, 0.05) is 11.8 Å². The van der Waals surface area contributed by atoms with E-state index in [2.05, 4.69) is 15.3 Å². The van der Waals surface area contributed by atoms with Crippen LogP contribution in [0.1, 0.15) is 15.9 Å². The van der Waals surface area contributed by atoms with Crippen molar-refractivity contribution in [3.63, 3.8) is 0 Å². The molecule has 25 heavy (non-hydrogen) atoms. The smallest absolute Gasteiger partial charge is 0.282 e. The fourth-order valence-corrected chi connectivity index (χ4v) is 2.62. The van der Waals surface area contributed by atoms with Crippen LogP contribution in [0.5, 0.6) is 5.95 Å². The van der Waals surface area contributed by atoms with E-state index in [1.807, 2.05) is 37.3 Å². The molecule has 0 saturated heterocycles. The lowest BCUT2D eigenvalue weighted by atomic mass is 10.1. The largest absolute Gasteiger partial charge is 0.481 e. The van der Waals surface area contributed by atoms with Crippen molar-refractivity contribution in [1.29, 1.82) is 0 Å². The average Bonchev–Trinajstić information content (AvgIpc) is 3.22. The molecule has 0 atom stereocenters. The highest BCUT2D eigenvalue weighted by Crippen LogP contribution is 2.27. The second kappa shape index (κ2) is 5.83. The van der Waals surface area contributed by atoms with Crippen LogP contribution in [0.3, 0.4) is 0 Å². The molecule has 0 aliphatic carbocycles. The van der Waals surface area contributed by atoms with Gasteiger partial charge in [-0.1, -0.05) is 23.8 Å². The minimum Gasteiger partial charge on any atom is -0.481 e. The molecule has 0 spiro atoms. The molecule has 4 aromatic rings. The number of carbonyl (C=O) groups excluding carboxylic acids is 1. The number of fused-ring (bicyclic) bond motifs is 1. The number of aryl methyl sites for hydroxylation is 1. The van der Waals surface area contributed by atoms with Crippen LogP contribution in [-0.4, -0.2) is 21.0 Å². The third kappa shape index (κ3) is 2.85. The summed E-state index contributed by atoms with van der Waals surface area (Å²) in [7, 11) is 0. The molecule has 2 heterocycles. The lowest BCUT2D eigenvalue weighted by Crippen LogP contribution is -2.12. The van der Waals surface area contributed by atoms with Crippen molar-refractivity contribution in [2.45, 2.75) is 6.92 Å². The Hall–Kier alpha value is -3.54. The summed E-state index contributed by atoms with van der Waals surface area (Å²) < 4.78 is 5.17. The van der Waals surface area contributed by atoms with Crippen LogP contribution in [0.2, 0.25) is 0 Å². The Bertz CT molecular complexity index is 1060. The fraction of sp³-hybridized carbons (Fsp3) is 0.0526. The number of benzene rings is 2. The second-order valence-corrected chi connectivity index (χ2v) is 5.75. The second-order valence-electron chi connectivity index (χ2n) is 5.75. The number of amides is 1. The van der Waals surface area contributed by atoms with Crippen molar-refractivity contribution >= 4 is 22.6 Å². The predicted molar refractivity (Wildman–Crippen MR) is 94.6 cm³/mol. The number of nitrogens with zero attached hydrogens (tertiary/aromatic N) is 1. The highest BCUT2D eigenvalue weighted by Gasteiger charge is 2.16. The monoisotopic (exact) mass is 333 g/mol. The van der Waals surface area contributed by atoms with Crippen LogP contribution in [0.4, 0.5) is 5.69 Å². The molecule has 0 unspecified atom stereocenters. The first-order valence-electron chi connectivity index (χ1n) is 7.76. The zero-order chi connectivity index (χ0) is 17.4. The number of imidazole rings is 1. The van der Waals surface area contributed by atoms with Crippen LogP contribution >= 0.6 is 0 Å². The maximum absolute atomic E-state index is 12.6. The Morgan fingerprint density at radius 1 is 1.12 bits per heavy atom. The number of anilines is 1. The third-order valence-corrected chi connectivity index (χ3v) is 3.89. The first-order valence-corrected chi connectivity index (χ1v) is 7.76. The van der Waals surface area contributed by atoms with E-state index in [1.165, 1.54) is 6.07 Å². The van der Waals surface area contributed by atoms with Gasteiger partial charge < -0.3 is 19.8 Å². The molecule has 2 aromatic carbocycles. The van der Waals surface area contributed by atoms with Gasteiger partial charge in [0.25, 0.3) is 11.9 Å². The Morgan fingerprint density at radius 2 is 1.92 bits per heavy atom. The van der Waals surface area contributed by atoms with Crippen molar-refractivity contribution in [1.82, 2.24) is 9.97 Å². The van der Waals surface area contributed by atoms with E-state index in [9.17, 15) is 9.90 Å². The molecule has 0 bridgehead atoms. The van der Waals surface area contributed by atoms with Crippen LogP contribution in [0.15, 0.2) is 59.0 Å². The molecular weight excluding hydrogens is 318 g/mol. The molecular formula is C19H15N3O3. The standard InChI is InChI=1S/C19H15N3O3/c1-11-5-7-12(8-6-11)20-19(24)13-3-2-4-14-17(13)22-18(21-14)15-9-10-16(23)25-15/h2-10,23H,1H3,(H,20,24)(H,21,22). The summed E-state index contributed by atoms with van der Waals surface area (Å²) in [6.45, 7) is 1.99. The first-order chi connectivity index (χ1) is 12.1. The van der Waals surface area contributed by atoms with Crippen molar-refractivity contribution in [3.8, 4) is 17.5 Å². The molecule has 0 aliphatic heterocycles. The number of aromatic amines is 1. The van der Waals surface area contributed by atoms with E-state index in [0.29, 0.717) is 28.2 Å². The molecule has 1 amide bonds. The number of hydrogen-bond donors (Lipinski definition) is 3. The topological polar surface area (TPSA) is 91.2 Å². The summed E-state index contributed by atoms with van der Waals surface area (Å²) in [4.78, 5) is 20.2. The lowest BCUT2D eigenvalue weighted by Gasteiger charge is -2.06. The van der Waals surface area contributed by atoms with Gasteiger partial charge in [-0.25, -0.2) is 4.98 Å². The van der Waals surface area contributed by atoms with Gasteiger partial charge >= 0.3 is 0 Å². The maximum Gasteiger partial charge on any atom is 0.282 e. The Labute approximate surface area is 143 Å². The van der Waals surface area contributed by atoms with E-state index < -0.39 is 0 Å². The number of rotatable bonds is 3. The van der Waals surface area contributed by atoms with Crippen molar-refractivity contribution in [2.75, 3.05) is 5.32 Å². The van der Waals surface area contributed by atoms with Crippen LogP contribution < -0.4 is 5.32 Å². The molecule has 0 radical (unpaired) electrons. The van der Waals surface area contributed by atoms with E-state index >= 15 is 0 Å². The normalized spacial score (nSPS) is 10.9. The van der Waals surface area contributed by atoms with Gasteiger partial charge in [-0.15, -0.1) is 0 Å². The number of para-hydroxylation sites is 1. The van der Waals surface area contributed by atoms with E-state index in [4.69, 9.17) is 4.42 Å². The van der Waals surface area contributed by atoms with Crippen LogP contribution in [0.25, 0.3) is 22.6 Å². The number of carbonyl (C=O) groups is 1. The summed E-state index contributed by atoms with van der Waals surface area (Å²) in [6, 6.07) is 16.0. The average molecular weight is 333 g/mol. The Morgan fingerprint density at radius 3 is 2.64 bits per heavy atom. The van der Waals surface area contributed by atoms with Gasteiger partial charge in [0.15, 0.2) is 11.6 Å². The molecule has 0 fully saturated rings. The quantitative estimate of drug-likeness (QED) is 0.526. The van der Waals surface area contributed by atoms with Crippen LogP contribution in [-0.2, 0) is 0 Å². The molecule has 0 aliphatic rings. The number of aromatic nitrogens is 2. The summed E-state index contributed by atoms with van der Waals surface area (Å²) in [5.41, 5.74) is 3.55. The SMILES string of the molecule is Cc1ccc(NC(=O)c2cccc3[nH]c(-c4ccc(O)o4)nc23)cc1. The van der Waals surface area contributed by atoms with Crippen molar-refractivity contribution < 1.29 is 14.3 Å². The number of nitrogens with one attached hydrogen (secondary N) is 2. The van der Waals surface area contributed by atoms with Gasteiger partial charge in [-0.3, -0.25) is 4.79 Å². The molecule has 2 aromatic heterocycles.